The zero-order chi connectivity index (χ0) is 7.66. The topological polar surface area (TPSA) is 23.8 Å². The number of hydrogen-bond acceptors (Lipinski definition) is 1. The van der Waals surface area contributed by atoms with Crippen LogP contribution in [0.2, 0.25) is 0 Å². The average molecular weight is 137 g/mol. The van der Waals surface area contributed by atoms with Crippen molar-refractivity contribution in [1.29, 1.82) is 5.26 Å². The Kier molecular flexibility index (Phi) is 7.60. The van der Waals surface area contributed by atoms with Crippen molar-refractivity contribution in [3.05, 3.63) is 12.2 Å². The first-order valence-corrected chi connectivity index (χ1v) is 3.90. The summed E-state index contributed by atoms with van der Waals surface area (Å²) in [6.45, 7) is 2.04. The monoisotopic (exact) mass is 137 g/mol. The molecule has 0 heterocycles. The van der Waals surface area contributed by atoms with Gasteiger partial charge in [-0.3, -0.25) is 0 Å². The van der Waals surface area contributed by atoms with Gasteiger partial charge in [-0.1, -0.05) is 18.6 Å². The van der Waals surface area contributed by atoms with Crippen LogP contribution in [0.15, 0.2) is 12.2 Å². The molecule has 0 atom stereocenters. The molecule has 0 aromatic rings. The Morgan fingerprint density at radius 2 is 2.10 bits per heavy atom. The first kappa shape index (κ1) is 9.23. The van der Waals surface area contributed by atoms with E-state index < -0.39 is 0 Å². The molecule has 0 radical (unpaired) electrons. The highest BCUT2D eigenvalue weighted by Crippen LogP contribution is 2.02. The van der Waals surface area contributed by atoms with Crippen LogP contribution < -0.4 is 0 Å². The van der Waals surface area contributed by atoms with Crippen molar-refractivity contribution < 1.29 is 0 Å². The van der Waals surface area contributed by atoms with Crippen LogP contribution in [-0.2, 0) is 0 Å². The van der Waals surface area contributed by atoms with E-state index in [0.717, 1.165) is 12.8 Å². The molecule has 0 rings (SSSR count). The normalized spacial score (nSPS) is 10.0. The maximum atomic E-state index is 8.20. The van der Waals surface area contributed by atoms with E-state index in [2.05, 4.69) is 18.2 Å². The van der Waals surface area contributed by atoms with Crippen molar-refractivity contribution in [2.75, 3.05) is 0 Å². The number of nitriles is 1. The summed E-state index contributed by atoms with van der Waals surface area (Å²) >= 11 is 0. The van der Waals surface area contributed by atoms with E-state index in [1.54, 1.807) is 0 Å². The molecule has 0 saturated heterocycles. The Morgan fingerprint density at radius 3 is 2.70 bits per heavy atom. The smallest absolute Gasteiger partial charge is 0.0621 e. The quantitative estimate of drug-likeness (QED) is 0.422. The molecule has 1 heteroatoms. The second-order valence-electron chi connectivity index (χ2n) is 2.33. The van der Waals surface area contributed by atoms with Crippen LogP contribution >= 0.6 is 0 Å². The summed E-state index contributed by atoms with van der Waals surface area (Å²) in [6.07, 6.45) is 9.62. The molecular weight excluding hydrogens is 122 g/mol. The van der Waals surface area contributed by atoms with Gasteiger partial charge in [0.05, 0.1) is 6.07 Å². The Balaban J connectivity index is 2.85. The fraction of sp³-hybridized carbons (Fsp3) is 0.667. The first-order chi connectivity index (χ1) is 4.91. The predicted octanol–water partition coefficient (Wildman–Crippen LogP) is 3.04. The first-order valence-electron chi connectivity index (χ1n) is 3.90. The molecule has 56 valence electrons. The molecule has 0 aromatic carbocycles. The Morgan fingerprint density at radius 1 is 1.30 bits per heavy atom. The van der Waals surface area contributed by atoms with Gasteiger partial charge in [0.25, 0.3) is 0 Å². The van der Waals surface area contributed by atoms with Crippen LogP contribution in [-0.4, -0.2) is 0 Å². The zero-order valence-electron chi connectivity index (χ0n) is 6.64. The zero-order valence-corrected chi connectivity index (χ0v) is 6.64. The van der Waals surface area contributed by atoms with Crippen LogP contribution in [0.3, 0.4) is 0 Å². The minimum atomic E-state index is 0.718. The lowest BCUT2D eigenvalue weighted by atomic mass is 10.1. The third-order valence-corrected chi connectivity index (χ3v) is 1.40. The largest absolute Gasteiger partial charge is 0.198 e. The van der Waals surface area contributed by atoms with Gasteiger partial charge in [0, 0.05) is 6.42 Å². The molecule has 0 spiro atoms. The molecule has 0 amide bonds. The number of rotatable bonds is 5. The number of unbranched alkanes of at least 4 members (excludes halogenated alkanes) is 4. The lowest BCUT2D eigenvalue weighted by Crippen LogP contribution is -1.73. The SMILES string of the molecule is C/C=C/CCCCCC#N. The fourth-order valence-corrected chi connectivity index (χ4v) is 0.810. The van der Waals surface area contributed by atoms with Crippen molar-refractivity contribution in [3.63, 3.8) is 0 Å². The summed E-state index contributed by atoms with van der Waals surface area (Å²) in [5.74, 6) is 0. The molecule has 1 nitrogen and oxygen atoms in total. The molecular formula is C9H15N. The highest BCUT2D eigenvalue weighted by atomic mass is 14.2. The van der Waals surface area contributed by atoms with Crippen LogP contribution in [0.25, 0.3) is 0 Å². The standard InChI is InChI=1S/C9H15N/c1-2-3-4-5-6-7-8-9-10/h2-3H,4-8H2,1H3/b3-2+. The van der Waals surface area contributed by atoms with E-state index in [9.17, 15) is 0 Å². The third kappa shape index (κ3) is 7.23. The molecule has 0 fully saturated rings. The summed E-state index contributed by atoms with van der Waals surface area (Å²) in [7, 11) is 0. The van der Waals surface area contributed by atoms with Gasteiger partial charge in [0.1, 0.15) is 0 Å². The summed E-state index contributed by atoms with van der Waals surface area (Å²) in [4.78, 5) is 0. The van der Waals surface area contributed by atoms with Gasteiger partial charge in [0.15, 0.2) is 0 Å². The minimum Gasteiger partial charge on any atom is -0.198 e. The minimum absolute atomic E-state index is 0.718. The van der Waals surface area contributed by atoms with E-state index in [-0.39, 0.29) is 0 Å². The number of allylic oxidation sites excluding steroid dienone is 2. The lowest BCUT2D eigenvalue weighted by molar-refractivity contribution is 0.699. The van der Waals surface area contributed by atoms with Crippen LogP contribution in [0.4, 0.5) is 0 Å². The second-order valence-corrected chi connectivity index (χ2v) is 2.33. The predicted molar refractivity (Wildman–Crippen MR) is 43.5 cm³/mol. The van der Waals surface area contributed by atoms with Crippen molar-refractivity contribution >= 4 is 0 Å². The van der Waals surface area contributed by atoms with E-state index in [1.807, 2.05) is 6.92 Å². The summed E-state index contributed by atoms with van der Waals surface area (Å²) < 4.78 is 0. The summed E-state index contributed by atoms with van der Waals surface area (Å²) in [5.41, 5.74) is 0. The molecule has 0 aromatic heterocycles. The second kappa shape index (κ2) is 8.23. The van der Waals surface area contributed by atoms with Crippen LogP contribution in [0.5, 0.6) is 0 Å². The molecule has 0 N–H and O–H groups in total. The maximum Gasteiger partial charge on any atom is 0.0621 e. The number of hydrogen-bond donors (Lipinski definition) is 0. The van der Waals surface area contributed by atoms with Crippen molar-refractivity contribution in [3.8, 4) is 6.07 Å². The molecule has 0 bridgehead atoms. The van der Waals surface area contributed by atoms with Crippen LogP contribution in [0.1, 0.15) is 39.0 Å². The highest BCUT2D eigenvalue weighted by molar-refractivity contribution is 4.76. The van der Waals surface area contributed by atoms with Gasteiger partial charge in [-0.15, -0.1) is 0 Å². The van der Waals surface area contributed by atoms with E-state index in [0.29, 0.717) is 0 Å². The van der Waals surface area contributed by atoms with E-state index in [1.165, 1.54) is 19.3 Å². The van der Waals surface area contributed by atoms with Gasteiger partial charge >= 0.3 is 0 Å². The van der Waals surface area contributed by atoms with E-state index in [4.69, 9.17) is 5.26 Å². The molecule has 0 aliphatic rings. The third-order valence-electron chi connectivity index (χ3n) is 1.40. The highest BCUT2D eigenvalue weighted by Gasteiger charge is 1.84. The number of nitrogens with zero attached hydrogens (tertiary/aromatic N) is 1. The van der Waals surface area contributed by atoms with Gasteiger partial charge in [-0.05, 0) is 26.2 Å². The Bertz CT molecular complexity index is 119. The molecule has 0 saturated carbocycles. The Labute approximate surface area is 63.4 Å². The maximum absolute atomic E-state index is 8.20. The summed E-state index contributed by atoms with van der Waals surface area (Å²) in [6, 6.07) is 2.14. The Hall–Kier alpha value is -0.770. The van der Waals surface area contributed by atoms with Gasteiger partial charge < -0.3 is 0 Å². The summed E-state index contributed by atoms with van der Waals surface area (Å²) in [5, 5.41) is 8.20. The van der Waals surface area contributed by atoms with Crippen LogP contribution in [0, 0.1) is 11.3 Å². The average Bonchev–Trinajstić information content (AvgIpc) is 1.97. The molecule has 0 aliphatic heterocycles. The molecule has 0 aliphatic carbocycles. The molecule has 10 heavy (non-hydrogen) atoms. The molecule has 0 unspecified atom stereocenters. The van der Waals surface area contributed by atoms with Gasteiger partial charge in [-0.2, -0.15) is 5.26 Å². The van der Waals surface area contributed by atoms with E-state index >= 15 is 0 Å². The van der Waals surface area contributed by atoms with Crippen molar-refractivity contribution in [1.82, 2.24) is 0 Å². The fourth-order valence-electron chi connectivity index (χ4n) is 0.810. The van der Waals surface area contributed by atoms with Gasteiger partial charge in [0.2, 0.25) is 0 Å². The van der Waals surface area contributed by atoms with Crippen molar-refractivity contribution in [2.45, 2.75) is 39.0 Å². The lowest BCUT2D eigenvalue weighted by Gasteiger charge is -1.91. The van der Waals surface area contributed by atoms with Gasteiger partial charge in [-0.25, -0.2) is 0 Å². The van der Waals surface area contributed by atoms with Crippen molar-refractivity contribution in [2.24, 2.45) is 0 Å².